The number of hydrogen-bond donors (Lipinski definition) is 3. The lowest BCUT2D eigenvalue weighted by Gasteiger charge is -2.37. The molecule has 0 aliphatic carbocycles. The van der Waals surface area contributed by atoms with E-state index in [2.05, 4.69) is 10.6 Å². The third kappa shape index (κ3) is 9.10. The highest BCUT2D eigenvalue weighted by Gasteiger charge is 2.38. The smallest absolute Gasteiger partial charge is 0.408 e. The first-order chi connectivity index (χ1) is 18.5. The van der Waals surface area contributed by atoms with Crippen LogP contribution in [-0.2, 0) is 19.1 Å². The molecule has 4 amide bonds. The van der Waals surface area contributed by atoms with E-state index >= 15 is 0 Å². The van der Waals surface area contributed by atoms with Gasteiger partial charge in [-0.25, -0.2) is 4.79 Å². The first-order valence-electron chi connectivity index (χ1n) is 13.6. The summed E-state index contributed by atoms with van der Waals surface area (Å²) in [6.07, 6.45) is -0.989. The lowest BCUT2D eigenvalue weighted by molar-refractivity contribution is -0.143. The highest BCUT2D eigenvalue weighted by molar-refractivity contribution is 6.00. The average Bonchev–Trinajstić information content (AvgIpc) is 2.79. The van der Waals surface area contributed by atoms with E-state index in [1.54, 1.807) is 34.6 Å². The van der Waals surface area contributed by atoms with Crippen LogP contribution in [-0.4, -0.2) is 46.4 Å². The Morgan fingerprint density at radius 2 is 1.50 bits per heavy atom. The molecule has 0 aromatic heterocycles. The molecule has 2 aromatic carbocycles. The number of alkyl carbamates (subject to hydrolysis) is 1. The number of nitrogens with one attached hydrogen (secondary N) is 2. The number of amides is 4. The summed E-state index contributed by atoms with van der Waals surface area (Å²) in [4.78, 5) is 54.1. The summed E-state index contributed by atoms with van der Waals surface area (Å²) in [5.41, 5.74) is 9.55. The van der Waals surface area contributed by atoms with Crippen molar-refractivity contribution < 1.29 is 23.9 Å². The third-order valence-electron chi connectivity index (χ3n) is 6.29. The number of hydrogen-bond acceptors (Lipinski definition) is 5. The Hall–Kier alpha value is -3.88. The van der Waals surface area contributed by atoms with Crippen LogP contribution in [0.25, 0.3) is 0 Å². The molecule has 2 unspecified atom stereocenters. The molecule has 0 radical (unpaired) electrons. The Bertz CT molecular complexity index is 1210. The maximum absolute atomic E-state index is 14.2. The van der Waals surface area contributed by atoms with Crippen molar-refractivity contribution in [2.24, 2.45) is 5.73 Å². The van der Waals surface area contributed by atoms with Gasteiger partial charge in [0.2, 0.25) is 11.8 Å². The summed E-state index contributed by atoms with van der Waals surface area (Å²) in [5.74, 6) is -1.53. The van der Waals surface area contributed by atoms with Crippen LogP contribution in [0.1, 0.15) is 81.3 Å². The number of anilines is 1. The van der Waals surface area contributed by atoms with Crippen molar-refractivity contribution in [2.75, 3.05) is 5.32 Å². The zero-order chi connectivity index (χ0) is 30.4. The van der Waals surface area contributed by atoms with Crippen LogP contribution in [0, 0.1) is 27.7 Å². The van der Waals surface area contributed by atoms with Gasteiger partial charge >= 0.3 is 6.09 Å². The monoisotopic (exact) mass is 552 g/mol. The minimum absolute atomic E-state index is 0.0469. The molecular weight excluding hydrogens is 508 g/mol. The number of nitrogens with zero attached hydrogens (tertiary/aromatic N) is 1. The normalized spacial score (nSPS) is 12.8. The molecule has 218 valence electrons. The van der Waals surface area contributed by atoms with Crippen molar-refractivity contribution in [1.82, 2.24) is 10.2 Å². The van der Waals surface area contributed by atoms with Crippen LogP contribution in [0.4, 0.5) is 10.5 Å². The number of carbonyl (C=O) groups is 4. The fourth-order valence-electron chi connectivity index (χ4n) is 4.66. The number of nitrogens with two attached hydrogens (primary N) is 1. The molecule has 2 atom stereocenters. The molecule has 0 fully saturated rings. The van der Waals surface area contributed by atoms with Crippen molar-refractivity contribution in [3.63, 3.8) is 0 Å². The summed E-state index contributed by atoms with van der Waals surface area (Å²) in [5, 5.41) is 5.66. The Morgan fingerprint density at radius 1 is 0.950 bits per heavy atom. The number of ether oxygens (including phenoxy) is 1. The molecule has 9 heteroatoms. The summed E-state index contributed by atoms with van der Waals surface area (Å²) in [7, 11) is 0. The van der Waals surface area contributed by atoms with Gasteiger partial charge in [-0.2, -0.15) is 0 Å². The minimum Gasteiger partial charge on any atom is -0.444 e. The van der Waals surface area contributed by atoms with E-state index in [1.165, 1.54) is 4.90 Å². The lowest BCUT2D eigenvalue weighted by atomic mass is 9.96. The van der Waals surface area contributed by atoms with Gasteiger partial charge in [0.15, 0.2) is 0 Å². The second-order valence-electron chi connectivity index (χ2n) is 11.6. The Morgan fingerprint density at radius 3 is 1.98 bits per heavy atom. The Labute approximate surface area is 237 Å². The van der Waals surface area contributed by atoms with E-state index in [0.29, 0.717) is 11.3 Å². The fourth-order valence-corrected chi connectivity index (χ4v) is 4.66. The maximum Gasteiger partial charge on any atom is 0.408 e. The summed E-state index contributed by atoms with van der Waals surface area (Å²) >= 11 is 0. The van der Waals surface area contributed by atoms with Gasteiger partial charge in [-0.15, -0.1) is 0 Å². The second kappa shape index (κ2) is 13.5. The maximum atomic E-state index is 14.2. The van der Waals surface area contributed by atoms with Crippen molar-refractivity contribution in [2.45, 2.75) is 98.9 Å². The van der Waals surface area contributed by atoms with Crippen molar-refractivity contribution in [1.29, 1.82) is 0 Å². The third-order valence-corrected chi connectivity index (χ3v) is 6.29. The number of carbonyl (C=O) groups excluding carboxylic acids is 4. The Kier molecular flexibility index (Phi) is 10.9. The van der Waals surface area contributed by atoms with E-state index in [4.69, 9.17) is 10.5 Å². The summed E-state index contributed by atoms with van der Waals surface area (Å²) in [6, 6.07) is 8.86. The van der Waals surface area contributed by atoms with Crippen LogP contribution in [0.3, 0.4) is 0 Å². The number of aryl methyl sites for hydroxylation is 4. The van der Waals surface area contributed by atoms with Gasteiger partial charge in [0.05, 0.1) is 0 Å². The first-order valence-corrected chi connectivity index (χ1v) is 13.6. The van der Waals surface area contributed by atoms with Gasteiger partial charge in [-0.3, -0.25) is 14.4 Å². The molecule has 9 nitrogen and oxygen atoms in total. The topological polar surface area (TPSA) is 131 Å². The highest BCUT2D eigenvalue weighted by atomic mass is 16.6. The Balaban J connectivity index is 2.62. The molecule has 0 saturated heterocycles. The lowest BCUT2D eigenvalue weighted by Crippen LogP contribution is -2.54. The SMILES string of the molecule is Cc1cc(C)cc(C(C(=O)Nc2c(C)cccc2C)N(C(=O)C(CCC(N)=O)NC(=O)OC(C)(C)C)C(C)C)c1. The number of primary amides is 1. The average molecular weight is 553 g/mol. The molecule has 2 rings (SSSR count). The minimum atomic E-state index is -1.15. The van der Waals surface area contributed by atoms with E-state index in [9.17, 15) is 19.2 Å². The first kappa shape index (κ1) is 32.3. The van der Waals surface area contributed by atoms with E-state index < -0.39 is 47.5 Å². The standard InChI is InChI=1S/C31H44N4O5/c1-18(2)35(29(38)24(13-14-25(32)36)33-30(39)40-31(7,8)9)27(23-16-19(3)15-20(4)17-23)28(37)34-26-21(5)11-10-12-22(26)6/h10-12,15-18,24,27H,13-14H2,1-9H3,(H2,32,36)(H,33,39)(H,34,37). The van der Waals surface area contributed by atoms with Gasteiger partial charge in [0.1, 0.15) is 17.7 Å². The number of rotatable bonds is 10. The predicted molar refractivity (Wildman–Crippen MR) is 157 cm³/mol. The fraction of sp³-hybridized carbons (Fsp3) is 0.484. The van der Waals surface area contributed by atoms with Gasteiger partial charge in [-0.05, 0) is 85.4 Å². The van der Waals surface area contributed by atoms with E-state index in [0.717, 1.165) is 22.3 Å². The molecule has 0 aliphatic heterocycles. The molecular formula is C31H44N4O5. The van der Waals surface area contributed by atoms with Gasteiger partial charge in [0, 0.05) is 18.2 Å². The van der Waals surface area contributed by atoms with Crippen LogP contribution in [0.15, 0.2) is 36.4 Å². The molecule has 40 heavy (non-hydrogen) atoms. The van der Waals surface area contributed by atoms with Crippen LogP contribution >= 0.6 is 0 Å². The van der Waals surface area contributed by atoms with E-state index in [1.807, 2.05) is 64.1 Å². The quantitative estimate of drug-likeness (QED) is 0.382. The largest absolute Gasteiger partial charge is 0.444 e. The van der Waals surface area contributed by atoms with Gasteiger partial charge in [-0.1, -0.05) is 47.5 Å². The molecule has 0 saturated carbocycles. The van der Waals surface area contributed by atoms with Crippen LogP contribution in [0.2, 0.25) is 0 Å². The van der Waals surface area contributed by atoms with Crippen LogP contribution in [0.5, 0.6) is 0 Å². The second-order valence-corrected chi connectivity index (χ2v) is 11.6. The molecule has 0 heterocycles. The van der Waals surface area contributed by atoms with Gasteiger partial charge in [0.25, 0.3) is 5.91 Å². The van der Waals surface area contributed by atoms with Crippen molar-refractivity contribution in [3.05, 3.63) is 64.2 Å². The van der Waals surface area contributed by atoms with E-state index in [-0.39, 0.29) is 12.8 Å². The zero-order valence-electron chi connectivity index (χ0n) is 25.2. The molecule has 4 N–H and O–H groups in total. The summed E-state index contributed by atoms with van der Waals surface area (Å²) < 4.78 is 5.38. The summed E-state index contributed by atoms with van der Waals surface area (Å²) in [6.45, 7) is 16.4. The zero-order valence-corrected chi connectivity index (χ0v) is 25.2. The van der Waals surface area contributed by atoms with Crippen molar-refractivity contribution >= 4 is 29.5 Å². The molecule has 0 spiro atoms. The van der Waals surface area contributed by atoms with Gasteiger partial charge < -0.3 is 26.0 Å². The van der Waals surface area contributed by atoms with Crippen LogP contribution < -0.4 is 16.4 Å². The number of benzene rings is 2. The van der Waals surface area contributed by atoms with Crippen molar-refractivity contribution in [3.8, 4) is 0 Å². The molecule has 2 aromatic rings. The highest BCUT2D eigenvalue weighted by Crippen LogP contribution is 2.30. The predicted octanol–water partition coefficient (Wildman–Crippen LogP) is 5.00. The molecule has 0 bridgehead atoms. The number of para-hydroxylation sites is 1. The molecule has 0 aliphatic rings.